The quantitative estimate of drug-likeness (QED) is 0.598. The summed E-state index contributed by atoms with van der Waals surface area (Å²) in [4.78, 5) is 57.9. The fraction of sp³-hybridized carbons (Fsp3) is 0.600. The minimum absolute atomic E-state index is 0.0563. The van der Waals surface area contributed by atoms with Crippen LogP contribution in [0.4, 0.5) is 4.79 Å². The van der Waals surface area contributed by atoms with Gasteiger partial charge in [-0.2, -0.15) is 0 Å². The zero-order valence-electron chi connectivity index (χ0n) is 19.8. The van der Waals surface area contributed by atoms with Gasteiger partial charge in [0.15, 0.2) is 0 Å². The molecule has 1 spiro atoms. The minimum Gasteiger partial charge on any atom is -0.467 e. The van der Waals surface area contributed by atoms with E-state index in [0.29, 0.717) is 38.5 Å². The standard InChI is InChI=1S/C25H29N3O7/c1-3-33-24(32)27-10-8-26(9-11-27)22(30)19-18-6-7-25(35-18)20(19)23(31)28-15(17-5-4-12-34-17)13-16(29)14(2)21(25)28/h4-7,12,14-15,18-21H,3,8-11,13H2,1-2H3/t14-,15-,18-,19-,20+,21-,25-/m0/s1. The number of hydrogen-bond acceptors (Lipinski definition) is 7. The Bertz CT molecular complexity index is 1090. The van der Waals surface area contributed by atoms with E-state index < -0.39 is 41.5 Å². The van der Waals surface area contributed by atoms with E-state index in [2.05, 4.69) is 0 Å². The average Bonchev–Trinajstić information content (AvgIpc) is 3.64. The third-order valence-electron chi connectivity index (χ3n) is 8.35. The monoisotopic (exact) mass is 483 g/mol. The Morgan fingerprint density at radius 2 is 1.91 bits per heavy atom. The first-order valence-electron chi connectivity index (χ1n) is 12.3. The van der Waals surface area contributed by atoms with Crippen LogP contribution in [0.15, 0.2) is 35.0 Å². The number of hydrogen-bond donors (Lipinski definition) is 0. The number of fused-ring (bicyclic) bond motifs is 2. The van der Waals surface area contributed by atoms with Gasteiger partial charge in [0, 0.05) is 38.5 Å². The highest BCUT2D eigenvalue weighted by Gasteiger charge is 2.74. The second-order valence-electron chi connectivity index (χ2n) is 9.99. The van der Waals surface area contributed by atoms with E-state index in [9.17, 15) is 19.2 Å². The summed E-state index contributed by atoms with van der Waals surface area (Å²) < 4.78 is 17.1. The number of ether oxygens (including phenoxy) is 2. The number of ketones is 1. The molecule has 1 aromatic heterocycles. The third kappa shape index (κ3) is 3.05. The Morgan fingerprint density at radius 3 is 2.60 bits per heavy atom. The number of nitrogens with zero attached hydrogens (tertiary/aromatic N) is 3. The van der Waals surface area contributed by atoms with Crippen LogP contribution in [-0.2, 0) is 23.9 Å². The van der Waals surface area contributed by atoms with Gasteiger partial charge in [0.1, 0.15) is 17.1 Å². The second-order valence-corrected chi connectivity index (χ2v) is 9.99. The van der Waals surface area contributed by atoms with Crippen LogP contribution >= 0.6 is 0 Å². The summed E-state index contributed by atoms with van der Waals surface area (Å²) in [6.07, 6.45) is 4.61. The van der Waals surface area contributed by atoms with E-state index in [1.165, 1.54) is 6.26 Å². The SMILES string of the molecule is CCOC(=O)N1CCN(C(=O)[C@H]2[C@@H]3C=C[C@@]4(O3)[C@@H]3[C@@H](C)C(=O)C[C@@H](c5ccco5)N3C(=O)[C@@H]24)CC1. The molecule has 5 aliphatic rings. The fourth-order valence-electron chi connectivity index (χ4n) is 6.78. The Morgan fingerprint density at radius 1 is 1.17 bits per heavy atom. The molecule has 7 atom stereocenters. The highest BCUT2D eigenvalue weighted by atomic mass is 16.6. The maximum absolute atomic E-state index is 14.0. The number of carbonyl (C=O) groups is 4. The lowest BCUT2D eigenvalue weighted by molar-refractivity contribution is -0.150. The van der Waals surface area contributed by atoms with Crippen LogP contribution in [0.25, 0.3) is 0 Å². The van der Waals surface area contributed by atoms with Crippen LogP contribution in [0.1, 0.15) is 32.1 Å². The minimum atomic E-state index is -1.00. The molecular formula is C25H29N3O7. The molecule has 0 radical (unpaired) electrons. The smallest absolute Gasteiger partial charge is 0.409 e. The van der Waals surface area contributed by atoms with Gasteiger partial charge in [0.25, 0.3) is 0 Å². The summed E-state index contributed by atoms with van der Waals surface area (Å²) in [5, 5.41) is 0. The number of furan rings is 1. The van der Waals surface area contributed by atoms with Gasteiger partial charge >= 0.3 is 6.09 Å². The Hall–Kier alpha value is -3.14. The van der Waals surface area contributed by atoms with Crippen LogP contribution in [0.5, 0.6) is 0 Å². The predicted octanol–water partition coefficient (Wildman–Crippen LogP) is 1.38. The van der Waals surface area contributed by atoms with Crippen molar-refractivity contribution in [3.05, 3.63) is 36.3 Å². The summed E-state index contributed by atoms with van der Waals surface area (Å²) >= 11 is 0. The topological polar surface area (TPSA) is 110 Å². The molecule has 10 nitrogen and oxygen atoms in total. The lowest BCUT2D eigenvalue weighted by Gasteiger charge is -2.43. The summed E-state index contributed by atoms with van der Waals surface area (Å²) in [6.45, 7) is 5.40. The van der Waals surface area contributed by atoms with E-state index in [0.717, 1.165) is 0 Å². The molecule has 6 rings (SSSR count). The number of carbonyl (C=O) groups excluding carboxylic acids is 4. The molecule has 0 aromatic carbocycles. The van der Waals surface area contributed by atoms with E-state index in [1.807, 2.05) is 19.1 Å². The number of amides is 3. The van der Waals surface area contributed by atoms with Crippen molar-refractivity contribution in [2.24, 2.45) is 17.8 Å². The van der Waals surface area contributed by atoms with Crippen molar-refractivity contribution in [1.82, 2.24) is 14.7 Å². The largest absolute Gasteiger partial charge is 0.467 e. The van der Waals surface area contributed by atoms with Gasteiger partial charge in [-0.15, -0.1) is 0 Å². The lowest BCUT2D eigenvalue weighted by atomic mass is 9.70. The molecule has 186 valence electrons. The van der Waals surface area contributed by atoms with Crippen LogP contribution in [0.3, 0.4) is 0 Å². The van der Waals surface area contributed by atoms with Crippen molar-refractivity contribution < 1.29 is 33.1 Å². The van der Waals surface area contributed by atoms with E-state index in [1.54, 1.807) is 33.8 Å². The third-order valence-corrected chi connectivity index (χ3v) is 8.35. The van der Waals surface area contributed by atoms with Crippen molar-refractivity contribution in [3.8, 4) is 0 Å². The van der Waals surface area contributed by atoms with Gasteiger partial charge in [0.2, 0.25) is 11.8 Å². The summed E-state index contributed by atoms with van der Waals surface area (Å²) in [6, 6.07) is 2.53. The second kappa shape index (κ2) is 7.94. The zero-order chi connectivity index (χ0) is 24.5. The molecule has 0 N–H and O–H groups in total. The van der Waals surface area contributed by atoms with Gasteiger partial charge in [-0.25, -0.2) is 4.79 Å². The maximum atomic E-state index is 14.0. The molecule has 2 bridgehead atoms. The highest BCUT2D eigenvalue weighted by molar-refractivity contribution is 5.96. The summed E-state index contributed by atoms with van der Waals surface area (Å²) in [5.41, 5.74) is -1.00. The van der Waals surface area contributed by atoms with Gasteiger partial charge < -0.3 is 28.6 Å². The van der Waals surface area contributed by atoms with E-state index in [4.69, 9.17) is 13.9 Å². The molecule has 6 heterocycles. The molecule has 4 saturated heterocycles. The summed E-state index contributed by atoms with van der Waals surface area (Å²) in [5.74, 6) is -1.45. The van der Waals surface area contributed by atoms with Crippen molar-refractivity contribution in [2.75, 3.05) is 32.8 Å². The van der Waals surface area contributed by atoms with Crippen LogP contribution in [-0.4, -0.2) is 88.9 Å². The Balaban J connectivity index is 1.28. The van der Waals surface area contributed by atoms with Crippen LogP contribution in [0.2, 0.25) is 0 Å². The van der Waals surface area contributed by atoms with Crippen LogP contribution in [0, 0.1) is 17.8 Å². The Labute approximate surface area is 202 Å². The predicted molar refractivity (Wildman–Crippen MR) is 120 cm³/mol. The van der Waals surface area contributed by atoms with E-state index >= 15 is 0 Å². The van der Waals surface area contributed by atoms with Crippen molar-refractivity contribution >= 4 is 23.7 Å². The van der Waals surface area contributed by atoms with Crippen molar-refractivity contribution in [3.63, 3.8) is 0 Å². The lowest BCUT2D eigenvalue weighted by Crippen LogP contribution is -2.55. The molecular weight excluding hydrogens is 454 g/mol. The van der Waals surface area contributed by atoms with Crippen molar-refractivity contribution in [2.45, 2.75) is 44.1 Å². The number of piperidine rings is 1. The van der Waals surface area contributed by atoms with E-state index in [-0.39, 0.29) is 30.1 Å². The number of piperazine rings is 1. The molecule has 0 aliphatic carbocycles. The molecule has 35 heavy (non-hydrogen) atoms. The molecule has 10 heteroatoms. The van der Waals surface area contributed by atoms with Gasteiger partial charge in [-0.05, 0) is 19.1 Å². The molecule has 0 saturated carbocycles. The zero-order valence-corrected chi connectivity index (χ0v) is 19.8. The first-order valence-corrected chi connectivity index (χ1v) is 12.3. The first kappa shape index (κ1) is 22.3. The fourth-order valence-corrected chi connectivity index (χ4v) is 6.78. The highest BCUT2D eigenvalue weighted by Crippen LogP contribution is 2.60. The Kier molecular flexibility index (Phi) is 5.07. The first-order chi connectivity index (χ1) is 16.9. The molecule has 3 amide bonds. The molecule has 0 unspecified atom stereocenters. The summed E-state index contributed by atoms with van der Waals surface area (Å²) in [7, 11) is 0. The van der Waals surface area contributed by atoms with Gasteiger partial charge in [0.05, 0.1) is 42.9 Å². The van der Waals surface area contributed by atoms with Gasteiger partial charge in [-0.3, -0.25) is 14.4 Å². The van der Waals surface area contributed by atoms with Gasteiger partial charge in [-0.1, -0.05) is 19.1 Å². The molecule has 1 aromatic rings. The number of rotatable bonds is 3. The average molecular weight is 484 g/mol. The van der Waals surface area contributed by atoms with Crippen molar-refractivity contribution in [1.29, 1.82) is 0 Å². The number of Topliss-reactive ketones (excluding diaryl/α,β-unsaturated/α-hetero) is 1. The normalized spacial score (nSPS) is 37.6. The maximum Gasteiger partial charge on any atom is 0.409 e. The molecule has 5 aliphatic heterocycles. The van der Waals surface area contributed by atoms with Crippen LogP contribution < -0.4 is 0 Å². The molecule has 4 fully saturated rings.